The molecule has 4 nitrogen and oxygen atoms in total. The van der Waals surface area contributed by atoms with Crippen molar-refractivity contribution in [1.29, 1.82) is 0 Å². The number of hydrogen-bond acceptors (Lipinski definition) is 4. The van der Waals surface area contributed by atoms with Gasteiger partial charge >= 0.3 is 0 Å². The Hall–Kier alpha value is -3.28. The lowest BCUT2D eigenvalue weighted by molar-refractivity contribution is 0.104. The summed E-state index contributed by atoms with van der Waals surface area (Å²) in [6.45, 7) is 13.9. The molecule has 2 unspecified atom stereocenters. The topological polar surface area (TPSA) is 43.5 Å². The van der Waals surface area contributed by atoms with Crippen molar-refractivity contribution in [3.63, 3.8) is 0 Å². The highest BCUT2D eigenvalue weighted by atomic mass is 16.6. The smallest absolute Gasteiger partial charge is 0.104 e. The van der Waals surface area contributed by atoms with E-state index in [9.17, 15) is 0 Å². The van der Waals surface area contributed by atoms with Gasteiger partial charge in [-0.2, -0.15) is 0 Å². The second-order valence-corrected chi connectivity index (χ2v) is 13.8. The highest BCUT2D eigenvalue weighted by Gasteiger charge is 2.38. The van der Waals surface area contributed by atoms with Crippen molar-refractivity contribution in [3.05, 3.63) is 106 Å². The Morgan fingerprint density at radius 2 is 1.02 bits per heavy atom. The number of hydrogen-bond donors (Lipinski definition) is 0. The van der Waals surface area contributed by atoms with Gasteiger partial charge in [0.15, 0.2) is 0 Å². The summed E-state index contributed by atoms with van der Waals surface area (Å²) in [5.74, 6) is 0. The van der Waals surface area contributed by atoms with E-state index in [4.69, 9.17) is 18.9 Å². The maximum absolute atomic E-state index is 5.91. The molecule has 2 fully saturated rings. The van der Waals surface area contributed by atoms with E-state index in [-0.39, 0.29) is 10.8 Å². The molecule has 220 valence electrons. The number of benzene rings is 4. The average Bonchev–Trinajstić information content (AvgIpc) is 3.95. The van der Waals surface area contributed by atoms with Crippen LogP contribution in [0.3, 0.4) is 0 Å². The van der Waals surface area contributed by atoms with Crippen LogP contribution in [0.25, 0.3) is 33.4 Å². The normalized spacial score (nSPS) is 21.2. The van der Waals surface area contributed by atoms with Crippen LogP contribution in [0.5, 0.6) is 0 Å². The molecule has 0 radical (unpaired) electrons. The summed E-state index contributed by atoms with van der Waals surface area (Å²) in [4.78, 5) is 0. The summed E-state index contributed by atoms with van der Waals surface area (Å²) in [5, 5.41) is 0. The molecule has 2 atom stereocenters. The molecule has 8 rings (SSSR count). The van der Waals surface area contributed by atoms with E-state index in [1.807, 2.05) is 0 Å². The van der Waals surface area contributed by atoms with Crippen molar-refractivity contribution in [1.82, 2.24) is 0 Å². The Morgan fingerprint density at radius 3 is 1.56 bits per heavy atom. The quantitative estimate of drug-likeness (QED) is 0.143. The third-order valence-corrected chi connectivity index (χ3v) is 10.0. The first-order valence-corrected chi connectivity index (χ1v) is 15.7. The Kier molecular flexibility index (Phi) is 6.43. The molecule has 0 bridgehead atoms. The third-order valence-electron chi connectivity index (χ3n) is 10.0. The minimum absolute atomic E-state index is 0.0598. The molecule has 2 aliphatic heterocycles. The van der Waals surface area contributed by atoms with Gasteiger partial charge in [0.25, 0.3) is 0 Å². The molecular formula is C39H40O4. The lowest BCUT2D eigenvalue weighted by Gasteiger charge is -2.24. The second-order valence-electron chi connectivity index (χ2n) is 13.8. The molecule has 2 aliphatic carbocycles. The van der Waals surface area contributed by atoms with Crippen LogP contribution >= 0.6 is 0 Å². The van der Waals surface area contributed by atoms with Crippen LogP contribution in [-0.2, 0) is 42.8 Å². The third kappa shape index (κ3) is 4.85. The molecule has 4 heteroatoms. The molecular weight excluding hydrogens is 532 g/mol. The Labute approximate surface area is 255 Å². The zero-order valence-corrected chi connectivity index (χ0v) is 25.7. The summed E-state index contributed by atoms with van der Waals surface area (Å²) in [6, 6.07) is 28.0. The lowest BCUT2D eigenvalue weighted by atomic mass is 9.80. The Bertz CT molecular complexity index is 1720. The summed E-state index contributed by atoms with van der Waals surface area (Å²) >= 11 is 0. The summed E-state index contributed by atoms with van der Waals surface area (Å²) in [6.07, 6.45) is 1.54. The largest absolute Gasteiger partial charge is 0.378 e. The van der Waals surface area contributed by atoms with Crippen molar-refractivity contribution in [3.8, 4) is 33.4 Å². The predicted molar refractivity (Wildman–Crippen MR) is 171 cm³/mol. The minimum atomic E-state index is -0.0751. The van der Waals surface area contributed by atoms with Crippen LogP contribution in [0.15, 0.2) is 72.8 Å². The molecule has 0 saturated carbocycles. The highest BCUT2D eigenvalue weighted by Crippen LogP contribution is 2.52. The maximum atomic E-state index is 5.91. The van der Waals surface area contributed by atoms with E-state index < -0.39 is 0 Å². The minimum Gasteiger partial charge on any atom is -0.378 e. The van der Waals surface area contributed by atoms with Gasteiger partial charge in [-0.1, -0.05) is 88.4 Å². The fraction of sp³-hybridized carbons (Fsp3) is 0.385. The van der Waals surface area contributed by atoms with E-state index in [0.29, 0.717) is 32.0 Å². The molecule has 4 aliphatic rings. The summed E-state index contributed by atoms with van der Waals surface area (Å²) in [7, 11) is 0. The van der Waals surface area contributed by atoms with Gasteiger partial charge in [-0.05, 0) is 85.3 Å². The fourth-order valence-corrected chi connectivity index (χ4v) is 7.22. The van der Waals surface area contributed by atoms with Crippen molar-refractivity contribution in [2.24, 2.45) is 0 Å². The van der Waals surface area contributed by atoms with Crippen molar-refractivity contribution < 1.29 is 18.9 Å². The van der Waals surface area contributed by atoms with E-state index >= 15 is 0 Å². The molecule has 4 aromatic rings. The van der Waals surface area contributed by atoms with Gasteiger partial charge in [0, 0.05) is 10.8 Å². The first kappa shape index (κ1) is 27.3. The first-order valence-electron chi connectivity index (χ1n) is 15.7. The maximum Gasteiger partial charge on any atom is 0.104 e. The van der Waals surface area contributed by atoms with Crippen LogP contribution in [0.1, 0.15) is 61.1 Å². The van der Waals surface area contributed by atoms with Crippen LogP contribution in [0, 0.1) is 0 Å². The molecule has 2 heterocycles. The molecule has 0 N–H and O–H groups in total. The number of epoxide rings is 2. The lowest BCUT2D eigenvalue weighted by Crippen LogP contribution is -2.16. The van der Waals surface area contributed by atoms with Gasteiger partial charge in [-0.25, -0.2) is 0 Å². The number of rotatable bonds is 10. The van der Waals surface area contributed by atoms with Crippen LogP contribution in [0.4, 0.5) is 0 Å². The monoisotopic (exact) mass is 572 g/mol. The van der Waals surface area contributed by atoms with Gasteiger partial charge < -0.3 is 18.9 Å². The van der Waals surface area contributed by atoms with Crippen LogP contribution in [0.2, 0.25) is 0 Å². The molecule has 0 aromatic heterocycles. The predicted octanol–water partition coefficient (Wildman–Crippen LogP) is 7.84. The van der Waals surface area contributed by atoms with E-state index in [0.717, 1.165) is 26.2 Å². The SMILES string of the molecule is CC1(C)c2cc(CCOCC3CO3)ccc2-c2ccc(-c3ccc4c(c3)C(C)(C)c3cc(COCC5CO5)ccc3-4)cc21. The average molecular weight is 573 g/mol. The van der Waals surface area contributed by atoms with Crippen LogP contribution in [-0.4, -0.2) is 45.2 Å². The number of ether oxygens (including phenoxy) is 4. The summed E-state index contributed by atoms with van der Waals surface area (Å²) in [5.41, 5.74) is 16.0. The Morgan fingerprint density at radius 1 is 0.581 bits per heavy atom. The fourth-order valence-electron chi connectivity index (χ4n) is 7.22. The summed E-state index contributed by atoms with van der Waals surface area (Å²) < 4.78 is 22.3. The second kappa shape index (κ2) is 10.1. The van der Waals surface area contributed by atoms with Gasteiger partial charge in [-0.15, -0.1) is 0 Å². The zero-order chi connectivity index (χ0) is 29.3. The highest BCUT2D eigenvalue weighted by molar-refractivity contribution is 5.86. The first-order chi connectivity index (χ1) is 20.8. The van der Waals surface area contributed by atoms with Crippen LogP contribution < -0.4 is 0 Å². The number of fused-ring (bicyclic) bond motifs is 6. The molecule has 0 amide bonds. The van der Waals surface area contributed by atoms with Gasteiger partial charge in [0.2, 0.25) is 0 Å². The zero-order valence-electron chi connectivity index (χ0n) is 25.7. The van der Waals surface area contributed by atoms with Crippen molar-refractivity contribution >= 4 is 0 Å². The van der Waals surface area contributed by atoms with Crippen molar-refractivity contribution in [2.45, 2.75) is 63.8 Å². The van der Waals surface area contributed by atoms with E-state index in [2.05, 4.69) is 100 Å². The van der Waals surface area contributed by atoms with Gasteiger partial charge in [0.05, 0.1) is 39.6 Å². The molecule has 4 aromatic carbocycles. The van der Waals surface area contributed by atoms with E-state index in [1.165, 1.54) is 66.8 Å². The van der Waals surface area contributed by atoms with Crippen molar-refractivity contribution in [2.75, 3.05) is 33.0 Å². The standard InChI is InChI=1S/C39H40O4/c1-38(2)34-15-24(13-14-40-20-28-22-42-28)5-9-30(34)32-11-7-26(17-36(32)38)27-8-12-33-31-10-6-25(19-41-21-29-23-43-29)16-35(31)39(3,4)37(33)18-27/h5-12,15-18,28-29H,13-14,19-23H2,1-4H3. The molecule has 0 spiro atoms. The Balaban J connectivity index is 1.05. The van der Waals surface area contributed by atoms with Gasteiger partial charge in [-0.3, -0.25) is 0 Å². The molecule has 2 saturated heterocycles. The van der Waals surface area contributed by atoms with E-state index in [1.54, 1.807) is 0 Å². The molecule has 43 heavy (non-hydrogen) atoms. The van der Waals surface area contributed by atoms with Gasteiger partial charge in [0.1, 0.15) is 12.2 Å².